The van der Waals surface area contributed by atoms with Gasteiger partial charge in [-0.15, -0.1) is 0 Å². The molecule has 7 nitrogen and oxygen atoms in total. The first-order chi connectivity index (χ1) is 12.6. The second-order valence-electron chi connectivity index (χ2n) is 5.98. The van der Waals surface area contributed by atoms with Gasteiger partial charge in [-0.1, -0.05) is 6.07 Å². The number of H-pyrrole nitrogens is 1. The van der Waals surface area contributed by atoms with Crippen LogP contribution in [0.5, 0.6) is 0 Å². The Morgan fingerprint density at radius 3 is 2.81 bits per heavy atom. The van der Waals surface area contributed by atoms with Crippen LogP contribution in [0, 0.1) is 6.92 Å². The van der Waals surface area contributed by atoms with Crippen LogP contribution in [0.15, 0.2) is 55.0 Å². The van der Waals surface area contributed by atoms with Gasteiger partial charge in [0.05, 0.1) is 11.2 Å². The van der Waals surface area contributed by atoms with E-state index in [0.717, 1.165) is 27.7 Å². The first-order valence-electron chi connectivity index (χ1n) is 8.03. The number of nitrogens with two attached hydrogens (primary N) is 1. The molecule has 0 saturated carbocycles. The summed E-state index contributed by atoms with van der Waals surface area (Å²) in [5.74, 6) is -0.287. The zero-order valence-corrected chi connectivity index (χ0v) is 14.0. The van der Waals surface area contributed by atoms with Crippen molar-refractivity contribution in [3.05, 3.63) is 66.4 Å². The Morgan fingerprint density at radius 1 is 1.12 bits per heavy atom. The number of hydrogen-bond acceptors (Lipinski definition) is 5. The standard InChI is InChI=1S/C19H16N6O/c1-11-6-15(4-5-22-11)23-19(26)18-16-8-12(2-3-17(16)24-25-18)13-7-14(20)10-21-9-13/h2-10H,20H2,1H3,(H,24,25)(H,22,23,26). The molecule has 1 amide bonds. The first kappa shape index (κ1) is 15.8. The molecule has 4 N–H and O–H groups in total. The van der Waals surface area contributed by atoms with Crippen molar-refractivity contribution < 1.29 is 4.79 Å². The molecule has 0 bridgehead atoms. The Balaban J connectivity index is 1.71. The molecular formula is C19H16N6O. The first-order valence-corrected chi connectivity index (χ1v) is 8.03. The molecule has 128 valence electrons. The molecule has 0 aliphatic heterocycles. The number of rotatable bonds is 3. The minimum atomic E-state index is -0.287. The van der Waals surface area contributed by atoms with E-state index in [1.165, 1.54) is 0 Å². The van der Waals surface area contributed by atoms with Crippen molar-refractivity contribution in [2.45, 2.75) is 6.92 Å². The highest BCUT2D eigenvalue weighted by Crippen LogP contribution is 2.26. The van der Waals surface area contributed by atoms with Crippen molar-refractivity contribution in [2.75, 3.05) is 11.1 Å². The number of amides is 1. The lowest BCUT2D eigenvalue weighted by Gasteiger charge is -2.05. The molecule has 0 fully saturated rings. The van der Waals surface area contributed by atoms with Crippen molar-refractivity contribution >= 4 is 28.2 Å². The molecule has 3 aromatic heterocycles. The van der Waals surface area contributed by atoms with E-state index < -0.39 is 0 Å². The monoisotopic (exact) mass is 344 g/mol. The minimum Gasteiger partial charge on any atom is -0.397 e. The average molecular weight is 344 g/mol. The molecule has 0 saturated heterocycles. The molecular weight excluding hydrogens is 328 g/mol. The highest BCUT2D eigenvalue weighted by atomic mass is 16.1. The van der Waals surface area contributed by atoms with Crippen LogP contribution >= 0.6 is 0 Å². The topological polar surface area (TPSA) is 110 Å². The molecule has 1 aromatic carbocycles. The van der Waals surface area contributed by atoms with Crippen LogP contribution in [-0.2, 0) is 0 Å². The number of nitrogens with one attached hydrogen (secondary N) is 2. The predicted molar refractivity (Wildman–Crippen MR) is 101 cm³/mol. The number of aromatic nitrogens is 4. The number of aryl methyl sites for hydroxylation is 1. The third-order valence-corrected chi connectivity index (χ3v) is 4.03. The smallest absolute Gasteiger partial charge is 0.276 e. The Kier molecular flexibility index (Phi) is 3.81. The minimum absolute atomic E-state index is 0.287. The summed E-state index contributed by atoms with van der Waals surface area (Å²) in [7, 11) is 0. The van der Waals surface area contributed by atoms with Crippen molar-refractivity contribution in [3.63, 3.8) is 0 Å². The lowest BCUT2D eigenvalue weighted by atomic mass is 10.0. The van der Waals surface area contributed by atoms with Gasteiger partial charge in [-0.25, -0.2) is 0 Å². The lowest BCUT2D eigenvalue weighted by Crippen LogP contribution is -2.13. The van der Waals surface area contributed by atoms with Gasteiger partial charge in [0.25, 0.3) is 5.91 Å². The fraction of sp³-hybridized carbons (Fsp3) is 0.0526. The summed E-state index contributed by atoms with van der Waals surface area (Å²) in [5, 5.41) is 10.6. The second kappa shape index (κ2) is 6.29. The number of nitrogen functional groups attached to an aromatic ring is 1. The van der Waals surface area contributed by atoms with E-state index in [-0.39, 0.29) is 5.91 Å². The summed E-state index contributed by atoms with van der Waals surface area (Å²) in [6, 6.07) is 11.1. The Hall–Kier alpha value is -3.74. The van der Waals surface area contributed by atoms with E-state index >= 15 is 0 Å². The normalized spacial score (nSPS) is 10.8. The van der Waals surface area contributed by atoms with Crippen LogP contribution < -0.4 is 11.1 Å². The van der Waals surface area contributed by atoms with E-state index in [1.807, 2.05) is 31.2 Å². The maximum Gasteiger partial charge on any atom is 0.276 e. The van der Waals surface area contributed by atoms with Crippen LogP contribution in [0.2, 0.25) is 0 Å². The van der Waals surface area contributed by atoms with Gasteiger partial charge < -0.3 is 11.1 Å². The Labute approximate surface area is 149 Å². The van der Waals surface area contributed by atoms with Gasteiger partial charge in [0.15, 0.2) is 5.69 Å². The molecule has 4 aromatic rings. The molecule has 0 radical (unpaired) electrons. The van der Waals surface area contributed by atoms with E-state index in [9.17, 15) is 4.79 Å². The largest absolute Gasteiger partial charge is 0.397 e. The summed E-state index contributed by atoms with van der Waals surface area (Å²) in [6.07, 6.45) is 4.98. The van der Waals surface area contributed by atoms with Gasteiger partial charge in [0.2, 0.25) is 0 Å². The molecule has 0 atom stereocenters. The number of fused-ring (bicyclic) bond motifs is 1. The number of carbonyl (C=O) groups is 1. The third-order valence-electron chi connectivity index (χ3n) is 4.03. The van der Waals surface area contributed by atoms with Gasteiger partial charge in [-0.05, 0) is 42.8 Å². The predicted octanol–water partition coefficient (Wildman–Crippen LogP) is 3.16. The molecule has 0 aliphatic carbocycles. The molecule has 3 heterocycles. The highest BCUT2D eigenvalue weighted by Gasteiger charge is 2.15. The van der Waals surface area contributed by atoms with Gasteiger partial charge in [0.1, 0.15) is 0 Å². The van der Waals surface area contributed by atoms with Gasteiger partial charge >= 0.3 is 0 Å². The van der Waals surface area contributed by atoms with E-state index in [4.69, 9.17) is 5.73 Å². The second-order valence-corrected chi connectivity index (χ2v) is 5.98. The maximum absolute atomic E-state index is 12.7. The highest BCUT2D eigenvalue weighted by molar-refractivity contribution is 6.11. The van der Waals surface area contributed by atoms with Crippen molar-refractivity contribution in [2.24, 2.45) is 0 Å². The summed E-state index contributed by atoms with van der Waals surface area (Å²) in [6.45, 7) is 1.87. The molecule has 26 heavy (non-hydrogen) atoms. The summed E-state index contributed by atoms with van der Waals surface area (Å²) in [4.78, 5) is 20.9. The molecule has 0 aliphatic rings. The van der Waals surface area contributed by atoms with Crippen LogP contribution in [0.1, 0.15) is 16.2 Å². The number of benzene rings is 1. The van der Waals surface area contributed by atoms with Crippen molar-refractivity contribution in [1.29, 1.82) is 0 Å². The fourth-order valence-electron chi connectivity index (χ4n) is 2.80. The summed E-state index contributed by atoms with van der Waals surface area (Å²) >= 11 is 0. The molecule has 7 heteroatoms. The van der Waals surface area contributed by atoms with Crippen molar-refractivity contribution in [1.82, 2.24) is 20.2 Å². The third kappa shape index (κ3) is 2.98. The summed E-state index contributed by atoms with van der Waals surface area (Å²) < 4.78 is 0. The zero-order chi connectivity index (χ0) is 18.1. The number of carbonyl (C=O) groups excluding carboxylic acids is 1. The van der Waals surface area contributed by atoms with Crippen LogP contribution in [-0.4, -0.2) is 26.1 Å². The summed E-state index contributed by atoms with van der Waals surface area (Å²) in [5.41, 5.74) is 10.8. The lowest BCUT2D eigenvalue weighted by molar-refractivity contribution is 0.102. The molecule has 0 unspecified atom stereocenters. The SMILES string of the molecule is Cc1cc(NC(=O)c2n[nH]c3ccc(-c4cncc(N)c4)cc23)ccn1. The quantitative estimate of drug-likeness (QED) is 0.529. The number of aromatic amines is 1. The Morgan fingerprint density at radius 2 is 2.00 bits per heavy atom. The number of hydrogen-bond donors (Lipinski definition) is 3. The van der Waals surface area contributed by atoms with E-state index in [0.29, 0.717) is 17.1 Å². The zero-order valence-electron chi connectivity index (χ0n) is 14.0. The van der Waals surface area contributed by atoms with E-state index in [1.54, 1.807) is 30.7 Å². The van der Waals surface area contributed by atoms with E-state index in [2.05, 4.69) is 25.5 Å². The Bertz CT molecular complexity index is 1120. The molecule has 0 spiro atoms. The maximum atomic E-state index is 12.7. The van der Waals surface area contributed by atoms with Crippen LogP contribution in [0.4, 0.5) is 11.4 Å². The van der Waals surface area contributed by atoms with Crippen LogP contribution in [0.3, 0.4) is 0 Å². The fourth-order valence-corrected chi connectivity index (χ4v) is 2.80. The van der Waals surface area contributed by atoms with Crippen LogP contribution in [0.25, 0.3) is 22.0 Å². The number of pyridine rings is 2. The van der Waals surface area contributed by atoms with Gasteiger partial charge in [-0.2, -0.15) is 5.10 Å². The van der Waals surface area contributed by atoms with Crippen molar-refractivity contribution in [3.8, 4) is 11.1 Å². The van der Waals surface area contributed by atoms with Gasteiger partial charge in [0, 0.05) is 40.9 Å². The number of nitrogens with zero attached hydrogens (tertiary/aromatic N) is 3. The average Bonchev–Trinajstić information content (AvgIpc) is 3.05. The molecule has 4 rings (SSSR count). The van der Waals surface area contributed by atoms with Gasteiger partial charge in [-0.3, -0.25) is 19.9 Å². The number of anilines is 2.